The summed E-state index contributed by atoms with van der Waals surface area (Å²) in [7, 11) is -1.90. The van der Waals surface area contributed by atoms with Gasteiger partial charge in [0.15, 0.2) is 0 Å². The number of ether oxygens (including phenoxy) is 1. The van der Waals surface area contributed by atoms with Gasteiger partial charge >= 0.3 is 0 Å². The Morgan fingerprint density at radius 2 is 1.94 bits per heavy atom. The summed E-state index contributed by atoms with van der Waals surface area (Å²) in [5.74, 6) is 0.573. The number of carbonyl (C=O) groups is 1. The molecule has 1 aromatic heterocycles. The maximum absolute atomic E-state index is 13.0. The summed E-state index contributed by atoms with van der Waals surface area (Å²) in [4.78, 5) is 17.9. The van der Waals surface area contributed by atoms with Crippen LogP contribution in [0.3, 0.4) is 0 Å². The summed E-state index contributed by atoms with van der Waals surface area (Å²) < 4.78 is 32.7. The molecule has 0 saturated carbocycles. The van der Waals surface area contributed by atoms with Crippen molar-refractivity contribution in [2.45, 2.75) is 48.3 Å². The number of thioether (sulfide) groups is 1. The molecule has 2 aromatic carbocycles. The van der Waals surface area contributed by atoms with Crippen LogP contribution >= 0.6 is 11.8 Å². The number of methoxy groups -OCH3 is 1. The Bertz CT molecular complexity index is 1300. The predicted molar refractivity (Wildman–Crippen MR) is 136 cm³/mol. The highest BCUT2D eigenvalue weighted by atomic mass is 32.2. The van der Waals surface area contributed by atoms with Crippen molar-refractivity contribution in [1.82, 2.24) is 9.29 Å². The number of hydrogen-bond acceptors (Lipinski definition) is 6. The summed E-state index contributed by atoms with van der Waals surface area (Å²) in [5.41, 5.74) is 2.32. The van der Waals surface area contributed by atoms with Gasteiger partial charge < -0.3 is 10.1 Å². The van der Waals surface area contributed by atoms with E-state index in [0.29, 0.717) is 41.4 Å². The molecular formula is C25H29N3O4S2. The number of carbonyl (C=O) groups excluding carboxylic acids is 1. The van der Waals surface area contributed by atoms with Crippen LogP contribution in [0.4, 0.5) is 5.69 Å². The fourth-order valence-electron chi connectivity index (χ4n) is 4.03. The van der Waals surface area contributed by atoms with E-state index in [1.807, 2.05) is 38.1 Å². The second-order valence-corrected chi connectivity index (χ2v) is 11.5. The average Bonchev–Trinajstić information content (AvgIpc) is 3.38. The number of hydrogen-bond donors (Lipinski definition) is 1. The fraction of sp³-hybridized carbons (Fsp3) is 0.360. The predicted octanol–water partition coefficient (Wildman–Crippen LogP) is 4.85. The number of aryl methyl sites for hydroxylation is 1. The monoisotopic (exact) mass is 499 g/mol. The van der Waals surface area contributed by atoms with Gasteiger partial charge in [-0.2, -0.15) is 4.31 Å². The molecule has 1 aliphatic heterocycles. The second kappa shape index (κ2) is 10.3. The summed E-state index contributed by atoms with van der Waals surface area (Å²) in [6.45, 7) is 5.05. The summed E-state index contributed by atoms with van der Waals surface area (Å²) in [6, 6.07) is 14.3. The summed E-state index contributed by atoms with van der Waals surface area (Å²) >= 11 is 1.40. The van der Waals surface area contributed by atoms with Crippen molar-refractivity contribution in [2.75, 3.05) is 25.5 Å². The van der Waals surface area contributed by atoms with Gasteiger partial charge in [0.05, 0.1) is 27.8 Å². The van der Waals surface area contributed by atoms with Gasteiger partial charge in [0.1, 0.15) is 5.75 Å². The average molecular weight is 500 g/mol. The van der Waals surface area contributed by atoms with E-state index in [9.17, 15) is 13.2 Å². The number of nitrogens with zero attached hydrogens (tertiary/aromatic N) is 2. The molecule has 180 valence electrons. The van der Waals surface area contributed by atoms with E-state index in [1.54, 1.807) is 35.7 Å². The zero-order valence-corrected chi connectivity index (χ0v) is 21.2. The first kappa shape index (κ1) is 24.5. The van der Waals surface area contributed by atoms with Crippen LogP contribution in [-0.4, -0.2) is 49.1 Å². The molecule has 0 spiro atoms. The van der Waals surface area contributed by atoms with Gasteiger partial charge in [-0.25, -0.2) is 13.4 Å². The molecule has 1 fully saturated rings. The molecule has 1 amide bonds. The van der Waals surface area contributed by atoms with Crippen LogP contribution in [0.1, 0.15) is 31.7 Å². The lowest BCUT2D eigenvalue weighted by molar-refractivity contribution is -0.115. The highest BCUT2D eigenvalue weighted by Crippen LogP contribution is 2.31. The molecule has 0 aliphatic carbocycles. The molecule has 34 heavy (non-hydrogen) atoms. The molecule has 3 aromatic rings. The smallest absolute Gasteiger partial charge is 0.243 e. The first-order chi connectivity index (χ1) is 16.3. The molecule has 9 heteroatoms. The molecule has 1 saturated heterocycles. The summed E-state index contributed by atoms with van der Waals surface area (Å²) in [6.07, 6.45) is 2.43. The molecule has 1 N–H and O–H groups in total. The molecule has 4 rings (SSSR count). The van der Waals surface area contributed by atoms with Crippen LogP contribution in [-0.2, 0) is 14.8 Å². The van der Waals surface area contributed by atoms with Crippen LogP contribution in [0.5, 0.6) is 5.75 Å². The molecule has 0 unspecified atom stereocenters. The van der Waals surface area contributed by atoms with E-state index in [-0.39, 0.29) is 11.2 Å². The van der Waals surface area contributed by atoms with Gasteiger partial charge in [-0.3, -0.25) is 4.79 Å². The largest absolute Gasteiger partial charge is 0.497 e. The molecule has 0 radical (unpaired) electrons. The molecule has 0 bridgehead atoms. The minimum Gasteiger partial charge on any atom is -0.497 e. The van der Waals surface area contributed by atoms with E-state index < -0.39 is 10.0 Å². The van der Waals surface area contributed by atoms with Gasteiger partial charge in [-0.1, -0.05) is 24.8 Å². The molecule has 2 heterocycles. The van der Waals surface area contributed by atoms with E-state index in [4.69, 9.17) is 9.72 Å². The number of aromatic nitrogens is 1. The molecule has 1 aliphatic rings. The van der Waals surface area contributed by atoms with Crippen molar-refractivity contribution in [1.29, 1.82) is 0 Å². The zero-order chi connectivity index (χ0) is 24.3. The standard InChI is InChI=1S/C25H29N3O4S2/c1-4-23(25(29)26-18-8-7-9-19(15-18)32-3)33-24-14-17(2)21-16-20(10-11-22(21)27-24)34(30,31)28-12-5-6-13-28/h7-11,14-16,23H,4-6,12-13H2,1-3H3,(H,26,29)/t23-/m1/s1. The minimum absolute atomic E-state index is 0.104. The quantitative estimate of drug-likeness (QED) is 0.446. The Balaban J connectivity index is 1.54. The lowest BCUT2D eigenvalue weighted by atomic mass is 10.1. The lowest BCUT2D eigenvalue weighted by Crippen LogP contribution is -2.27. The lowest BCUT2D eigenvalue weighted by Gasteiger charge is -2.17. The molecular weight excluding hydrogens is 470 g/mol. The van der Waals surface area contributed by atoms with Crippen molar-refractivity contribution in [3.63, 3.8) is 0 Å². The number of rotatable bonds is 8. The highest BCUT2D eigenvalue weighted by molar-refractivity contribution is 8.00. The van der Waals surface area contributed by atoms with Gasteiger partial charge in [0.2, 0.25) is 15.9 Å². The van der Waals surface area contributed by atoms with Crippen molar-refractivity contribution in [3.8, 4) is 5.75 Å². The van der Waals surface area contributed by atoms with Crippen LogP contribution in [0.15, 0.2) is 58.5 Å². The number of pyridine rings is 1. The minimum atomic E-state index is -3.49. The first-order valence-electron chi connectivity index (χ1n) is 11.3. The van der Waals surface area contributed by atoms with E-state index in [0.717, 1.165) is 28.8 Å². The van der Waals surface area contributed by atoms with Gasteiger partial charge in [-0.15, -0.1) is 0 Å². The number of benzene rings is 2. The number of fused-ring (bicyclic) bond motifs is 1. The Labute approximate surface area is 205 Å². The van der Waals surface area contributed by atoms with Crippen LogP contribution in [0.2, 0.25) is 0 Å². The molecule has 7 nitrogen and oxygen atoms in total. The van der Waals surface area contributed by atoms with E-state index in [1.165, 1.54) is 11.8 Å². The Morgan fingerprint density at radius 3 is 2.65 bits per heavy atom. The SMILES string of the molecule is CC[C@@H](Sc1cc(C)c2cc(S(=O)(=O)N3CCCC3)ccc2n1)C(=O)Nc1cccc(OC)c1. The molecule has 1 atom stereocenters. The first-order valence-corrected chi connectivity index (χ1v) is 13.7. The normalized spacial score (nSPS) is 15.4. The third-order valence-corrected chi connectivity index (χ3v) is 9.11. The van der Waals surface area contributed by atoms with Crippen molar-refractivity contribution in [2.24, 2.45) is 0 Å². The Hall–Kier alpha value is -2.62. The number of sulfonamides is 1. The third kappa shape index (κ3) is 5.21. The fourth-order valence-corrected chi connectivity index (χ4v) is 6.60. The highest BCUT2D eigenvalue weighted by Gasteiger charge is 2.27. The maximum Gasteiger partial charge on any atom is 0.243 e. The topological polar surface area (TPSA) is 88.6 Å². The maximum atomic E-state index is 13.0. The number of amides is 1. The van der Waals surface area contributed by atoms with Crippen molar-refractivity contribution >= 4 is 44.3 Å². The zero-order valence-electron chi connectivity index (χ0n) is 19.6. The second-order valence-electron chi connectivity index (χ2n) is 8.30. The van der Waals surface area contributed by atoms with Crippen LogP contribution in [0.25, 0.3) is 10.9 Å². The van der Waals surface area contributed by atoms with Gasteiger partial charge in [-0.05, 0) is 68.1 Å². The van der Waals surface area contributed by atoms with E-state index in [2.05, 4.69) is 5.32 Å². The third-order valence-electron chi connectivity index (χ3n) is 5.93. The van der Waals surface area contributed by atoms with Crippen LogP contribution < -0.4 is 10.1 Å². The van der Waals surface area contributed by atoms with Crippen LogP contribution in [0, 0.1) is 6.92 Å². The Morgan fingerprint density at radius 1 is 1.18 bits per heavy atom. The Kier molecular flexibility index (Phi) is 7.45. The van der Waals surface area contributed by atoms with Gasteiger partial charge in [0.25, 0.3) is 0 Å². The summed E-state index contributed by atoms with van der Waals surface area (Å²) in [5, 5.41) is 4.16. The van der Waals surface area contributed by atoms with Crippen molar-refractivity contribution < 1.29 is 17.9 Å². The van der Waals surface area contributed by atoms with E-state index >= 15 is 0 Å². The van der Waals surface area contributed by atoms with Gasteiger partial charge in [0, 0.05) is 30.2 Å². The van der Waals surface area contributed by atoms with Crippen molar-refractivity contribution in [3.05, 3.63) is 54.1 Å². The number of nitrogens with one attached hydrogen (secondary N) is 1. The number of anilines is 1.